The van der Waals surface area contributed by atoms with E-state index >= 15 is 0 Å². The van der Waals surface area contributed by atoms with Crippen molar-refractivity contribution in [2.24, 2.45) is 5.92 Å². The van der Waals surface area contributed by atoms with E-state index in [1.54, 1.807) is 7.05 Å². The maximum atomic E-state index is 13.8. The maximum Gasteiger partial charge on any atom is 0.232 e. The molecule has 0 bridgehead atoms. The molecule has 1 aliphatic heterocycles. The van der Waals surface area contributed by atoms with Gasteiger partial charge in [0, 0.05) is 18.5 Å². The number of nitrogens with zero attached hydrogens (tertiary/aromatic N) is 1. The van der Waals surface area contributed by atoms with Gasteiger partial charge in [-0.2, -0.15) is 0 Å². The number of rotatable bonds is 3. The molecule has 0 spiro atoms. The summed E-state index contributed by atoms with van der Waals surface area (Å²) in [6.07, 6.45) is -1.25. The first-order chi connectivity index (χ1) is 12.3. The summed E-state index contributed by atoms with van der Waals surface area (Å²) in [6.45, 7) is 0.160. The van der Waals surface area contributed by atoms with Crippen molar-refractivity contribution < 1.29 is 27.5 Å². The summed E-state index contributed by atoms with van der Waals surface area (Å²) < 4.78 is 54.2. The van der Waals surface area contributed by atoms with Crippen LogP contribution in [-0.4, -0.2) is 35.7 Å². The lowest BCUT2D eigenvalue weighted by atomic mass is 9.87. The van der Waals surface area contributed by atoms with Crippen LogP contribution < -0.4 is 5.32 Å². The van der Waals surface area contributed by atoms with Crippen LogP contribution in [0.2, 0.25) is 0 Å². The fourth-order valence-corrected chi connectivity index (χ4v) is 3.25. The zero-order valence-corrected chi connectivity index (χ0v) is 13.7. The van der Waals surface area contributed by atoms with Crippen LogP contribution in [0, 0.1) is 29.2 Å². The Morgan fingerprint density at radius 1 is 1.15 bits per heavy atom. The molecule has 138 valence electrons. The van der Waals surface area contributed by atoms with Crippen LogP contribution in [-0.2, 0) is 4.79 Å². The van der Waals surface area contributed by atoms with Gasteiger partial charge < -0.3 is 10.4 Å². The fraction of sp³-hybridized carbons (Fsp3) is 0.278. The van der Waals surface area contributed by atoms with E-state index in [4.69, 9.17) is 0 Å². The average molecular weight is 368 g/mol. The quantitative estimate of drug-likeness (QED) is 0.820. The van der Waals surface area contributed by atoms with Gasteiger partial charge in [0.05, 0.1) is 11.6 Å². The molecule has 1 fully saturated rings. The van der Waals surface area contributed by atoms with E-state index in [-0.39, 0.29) is 17.8 Å². The second kappa shape index (κ2) is 7.05. The molecule has 2 N–H and O–H groups in total. The first-order valence-corrected chi connectivity index (χ1v) is 7.87. The molecule has 0 aliphatic carbocycles. The number of nitrogens with one attached hydrogen (secondary N) is 1. The summed E-state index contributed by atoms with van der Waals surface area (Å²) in [6, 6.07) is 6.19. The zero-order valence-electron chi connectivity index (χ0n) is 13.7. The Labute approximate surface area is 147 Å². The number of halogens is 4. The molecular formula is C18H16F4N2O2. The standard InChI is InChI=1S/C18H16F4N2O2/c1-24-8-12(9-5-10(19)7-11(20)6-9)15(18(24)26)17(25)23-14-4-2-3-13(21)16(14)22/h2-7,12,15,18,26H,8H2,1H3,(H,23,25)/t12-,15+,18?/m1/s1. The number of anilines is 1. The van der Waals surface area contributed by atoms with Crippen molar-refractivity contribution in [3.8, 4) is 0 Å². The van der Waals surface area contributed by atoms with Crippen molar-refractivity contribution >= 4 is 11.6 Å². The van der Waals surface area contributed by atoms with Crippen molar-refractivity contribution in [2.45, 2.75) is 12.1 Å². The van der Waals surface area contributed by atoms with E-state index in [0.717, 1.165) is 18.2 Å². The van der Waals surface area contributed by atoms with Crippen molar-refractivity contribution in [1.82, 2.24) is 4.90 Å². The number of carbonyl (C=O) groups is 1. The second-order valence-corrected chi connectivity index (χ2v) is 6.28. The van der Waals surface area contributed by atoms with Crippen LogP contribution in [0.1, 0.15) is 11.5 Å². The van der Waals surface area contributed by atoms with Crippen molar-refractivity contribution in [1.29, 1.82) is 0 Å². The van der Waals surface area contributed by atoms with Gasteiger partial charge in [-0.05, 0) is 36.9 Å². The first kappa shape index (κ1) is 18.3. The van der Waals surface area contributed by atoms with Crippen LogP contribution in [0.15, 0.2) is 36.4 Å². The van der Waals surface area contributed by atoms with E-state index in [0.29, 0.717) is 6.07 Å². The number of amides is 1. The van der Waals surface area contributed by atoms with Gasteiger partial charge in [0.1, 0.15) is 17.9 Å². The van der Waals surface area contributed by atoms with Gasteiger partial charge in [0.25, 0.3) is 0 Å². The molecule has 1 unspecified atom stereocenters. The van der Waals surface area contributed by atoms with Gasteiger partial charge in [-0.15, -0.1) is 0 Å². The number of aliphatic hydroxyl groups is 1. The molecule has 1 amide bonds. The number of hydrogen-bond donors (Lipinski definition) is 2. The van der Waals surface area contributed by atoms with Crippen molar-refractivity contribution in [2.75, 3.05) is 18.9 Å². The number of carbonyl (C=O) groups excluding carboxylic acids is 1. The smallest absolute Gasteiger partial charge is 0.232 e. The number of benzene rings is 2. The minimum Gasteiger partial charge on any atom is -0.378 e. The molecule has 2 aromatic rings. The molecule has 4 nitrogen and oxygen atoms in total. The van der Waals surface area contributed by atoms with Crippen LogP contribution in [0.3, 0.4) is 0 Å². The molecule has 3 rings (SSSR count). The molecule has 0 radical (unpaired) electrons. The van der Waals surface area contributed by atoms with Gasteiger partial charge in [0.2, 0.25) is 5.91 Å². The van der Waals surface area contributed by atoms with E-state index in [2.05, 4.69) is 5.32 Å². The third kappa shape index (κ3) is 3.42. The largest absolute Gasteiger partial charge is 0.378 e. The molecule has 2 aromatic carbocycles. The van der Waals surface area contributed by atoms with E-state index in [9.17, 15) is 27.5 Å². The summed E-state index contributed by atoms with van der Waals surface area (Å²) in [5.74, 6) is -6.59. The molecule has 0 aromatic heterocycles. The van der Waals surface area contributed by atoms with E-state index in [1.165, 1.54) is 17.0 Å². The molecule has 1 aliphatic rings. The molecule has 3 atom stereocenters. The Kier molecular flexibility index (Phi) is 4.97. The zero-order chi connectivity index (χ0) is 19.0. The SMILES string of the molecule is CN1C[C@H](c2cc(F)cc(F)c2)[C@@H](C(=O)Nc2cccc(F)c2F)C1O. The number of likely N-dealkylation sites (N-methyl/N-ethyl adjacent to an activating group) is 1. The minimum absolute atomic E-state index is 0.160. The third-order valence-electron chi connectivity index (χ3n) is 4.52. The number of hydrogen-bond acceptors (Lipinski definition) is 3. The Balaban J connectivity index is 1.91. The summed E-state index contributed by atoms with van der Waals surface area (Å²) in [4.78, 5) is 14.1. The minimum atomic E-state index is -1.25. The Hall–Kier alpha value is -2.45. The first-order valence-electron chi connectivity index (χ1n) is 7.87. The summed E-state index contributed by atoms with van der Waals surface area (Å²) in [7, 11) is 1.55. The Bertz CT molecular complexity index is 826. The van der Waals surface area contributed by atoms with Gasteiger partial charge in [0.15, 0.2) is 11.6 Å². The van der Waals surface area contributed by atoms with E-state index in [1.807, 2.05) is 0 Å². The molecule has 1 heterocycles. The fourth-order valence-electron chi connectivity index (χ4n) is 3.25. The highest BCUT2D eigenvalue weighted by atomic mass is 19.2. The van der Waals surface area contributed by atoms with Crippen LogP contribution in [0.4, 0.5) is 23.2 Å². The predicted molar refractivity (Wildman–Crippen MR) is 86.2 cm³/mol. The maximum absolute atomic E-state index is 13.8. The summed E-state index contributed by atoms with van der Waals surface area (Å²) in [5.41, 5.74) is -0.174. The third-order valence-corrected chi connectivity index (χ3v) is 4.52. The lowest BCUT2D eigenvalue weighted by Gasteiger charge is -2.22. The average Bonchev–Trinajstić information content (AvgIpc) is 2.86. The number of aliphatic hydroxyl groups excluding tert-OH is 1. The Morgan fingerprint density at radius 2 is 1.81 bits per heavy atom. The van der Waals surface area contributed by atoms with Crippen LogP contribution >= 0.6 is 0 Å². The predicted octanol–water partition coefficient (Wildman–Crippen LogP) is 2.85. The van der Waals surface area contributed by atoms with Gasteiger partial charge >= 0.3 is 0 Å². The molecular weight excluding hydrogens is 352 g/mol. The van der Waals surface area contributed by atoms with Gasteiger partial charge in [-0.3, -0.25) is 9.69 Å². The molecule has 1 saturated heterocycles. The topological polar surface area (TPSA) is 52.6 Å². The number of likely N-dealkylation sites (tertiary alicyclic amines) is 1. The van der Waals surface area contributed by atoms with Crippen molar-refractivity contribution in [3.63, 3.8) is 0 Å². The Morgan fingerprint density at radius 3 is 2.46 bits per heavy atom. The van der Waals surface area contributed by atoms with Gasteiger partial charge in [-0.25, -0.2) is 17.6 Å². The monoisotopic (exact) mass is 368 g/mol. The molecule has 26 heavy (non-hydrogen) atoms. The normalized spacial score (nSPS) is 23.2. The van der Waals surface area contributed by atoms with Crippen LogP contribution in [0.5, 0.6) is 0 Å². The molecule has 0 saturated carbocycles. The van der Waals surface area contributed by atoms with E-state index < -0.39 is 47.2 Å². The van der Waals surface area contributed by atoms with Crippen molar-refractivity contribution in [3.05, 3.63) is 65.2 Å². The lowest BCUT2D eigenvalue weighted by Crippen LogP contribution is -2.36. The second-order valence-electron chi connectivity index (χ2n) is 6.28. The summed E-state index contributed by atoms with van der Waals surface area (Å²) >= 11 is 0. The van der Waals surface area contributed by atoms with Crippen LogP contribution in [0.25, 0.3) is 0 Å². The molecule has 8 heteroatoms. The highest BCUT2D eigenvalue weighted by molar-refractivity contribution is 5.94. The lowest BCUT2D eigenvalue weighted by molar-refractivity contribution is -0.124. The highest BCUT2D eigenvalue weighted by Gasteiger charge is 2.44. The van der Waals surface area contributed by atoms with Gasteiger partial charge in [-0.1, -0.05) is 6.07 Å². The summed E-state index contributed by atoms with van der Waals surface area (Å²) in [5, 5.41) is 12.6. The highest BCUT2D eigenvalue weighted by Crippen LogP contribution is 2.37.